The Morgan fingerprint density at radius 1 is 1.00 bits per heavy atom. The number of carbonyl (C=O) groups is 2. The highest BCUT2D eigenvalue weighted by Crippen LogP contribution is 2.35. The highest BCUT2D eigenvalue weighted by Gasteiger charge is 2.23. The molecule has 0 bridgehead atoms. The highest BCUT2D eigenvalue weighted by molar-refractivity contribution is 5.96. The summed E-state index contributed by atoms with van der Waals surface area (Å²) in [6.07, 6.45) is 6.06. The molecule has 1 aliphatic rings. The van der Waals surface area contributed by atoms with Crippen LogP contribution >= 0.6 is 0 Å². The van der Waals surface area contributed by atoms with Crippen LogP contribution < -0.4 is 0 Å². The van der Waals surface area contributed by atoms with Gasteiger partial charge in [-0.05, 0) is 37.7 Å². The SMILES string of the molecule is CC(=O)c1ccc(/C=C2/CCCC2CC(=O)c2ccccc2)cc1. The number of benzene rings is 2. The quantitative estimate of drug-likeness (QED) is 0.697. The van der Waals surface area contributed by atoms with Gasteiger partial charge in [0.1, 0.15) is 0 Å². The third kappa shape index (κ3) is 3.88. The first-order valence-corrected chi connectivity index (χ1v) is 8.53. The zero-order valence-electron chi connectivity index (χ0n) is 14.0. The van der Waals surface area contributed by atoms with Crippen molar-refractivity contribution in [3.63, 3.8) is 0 Å². The molecule has 0 saturated heterocycles. The molecule has 0 heterocycles. The predicted octanol–water partition coefficient (Wildman–Crippen LogP) is 5.35. The van der Waals surface area contributed by atoms with Crippen LogP contribution in [0.2, 0.25) is 0 Å². The maximum Gasteiger partial charge on any atom is 0.163 e. The van der Waals surface area contributed by atoms with Crippen LogP contribution in [0.25, 0.3) is 6.08 Å². The first-order valence-electron chi connectivity index (χ1n) is 8.53. The number of hydrogen-bond donors (Lipinski definition) is 0. The Labute approximate surface area is 143 Å². The molecule has 0 aliphatic heterocycles. The van der Waals surface area contributed by atoms with E-state index in [1.165, 1.54) is 5.57 Å². The predicted molar refractivity (Wildman–Crippen MR) is 97.2 cm³/mol. The van der Waals surface area contributed by atoms with Crippen molar-refractivity contribution in [2.75, 3.05) is 0 Å². The normalized spacial score (nSPS) is 18.7. The second kappa shape index (κ2) is 7.39. The van der Waals surface area contributed by atoms with Crippen molar-refractivity contribution in [1.82, 2.24) is 0 Å². The zero-order valence-corrected chi connectivity index (χ0v) is 14.0. The number of Topliss-reactive ketones (excluding diaryl/α,β-unsaturated/α-hetero) is 2. The van der Waals surface area contributed by atoms with E-state index in [4.69, 9.17) is 0 Å². The fraction of sp³-hybridized carbons (Fsp3) is 0.273. The van der Waals surface area contributed by atoms with Gasteiger partial charge in [0.05, 0.1) is 0 Å². The van der Waals surface area contributed by atoms with Crippen molar-refractivity contribution in [2.45, 2.75) is 32.6 Å². The van der Waals surface area contributed by atoms with Crippen LogP contribution in [0.4, 0.5) is 0 Å². The molecule has 2 heteroatoms. The summed E-state index contributed by atoms with van der Waals surface area (Å²) in [6, 6.07) is 17.2. The molecular weight excluding hydrogens is 296 g/mol. The van der Waals surface area contributed by atoms with Gasteiger partial charge < -0.3 is 0 Å². The molecule has 0 spiro atoms. The molecule has 1 atom stereocenters. The van der Waals surface area contributed by atoms with E-state index in [1.807, 2.05) is 54.6 Å². The topological polar surface area (TPSA) is 34.1 Å². The van der Waals surface area contributed by atoms with Crippen molar-refractivity contribution in [1.29, 1.82) is 0 Å². The van der Waals surface area contributed by atoms with Crippen molar-refractivity contribution in [2.24, 2.45) is 5.92 Å². The summed E-state index contributed by atoms with van der Waals surface area (Å²) in [5.74, 6) is 0.645. The largest absolute Gasteiger partial charge is 0.295 e. The summed E-state index contributed by atoms with van der Waals surface area (Å²) in [5.41, 5.74) is 4.00. The fourth-order valence-electron chi connectivity index (χ4n) is 3.36. The van der Waals surface area contributed by atoms with Gasteiger partial charge >= 0.3 is 0 Å². The lowest BCUT2D eigenvalue weighted by molar-refractivity contribution is 0.0967. The highest BCUT2D eigenvalue weighted by atomic mass is 16.1. The summed E-state index contributed by atoms with van der Waals surface area (Å²) in [7, 11) is 0. The van der Waals surface area contributed by atoms with Crippen LogP contribution in [-0.4, -0.2) is 11.6 Å². The zero-order chi connectivity index (χ0) is 16.9. The second-order valence-electron chi connectivity index (χ2n) is 6.48. The van der Waals surface area contributed by atoms with E-state index < -0.39 is 0 Å². The van der Waals surface area contributed by atoms with Gasteiger partial charge in [-0.1, -0.05) is 66.2 Å². The molecule has 2 aromatic rings. The minimum atomic E-state index is 0.0846. The summed E-state index contributed by atoms with van der Waals surface area (Å²) < 4.78 is 0. The van der Waals surface area contributed by atoms with Crippen LogP contribution in [0.1, 0.15) is 58.9 Å². The molecule has 1 fully saturated rings. The van der Waals surface area contributed by atoms with Crippen LogP contribution in [0.3, 0.4) is 0 Å². The van der Waals surface area contributed by atoms with Gasteiger partial charge in [-0.3, -0.25) is 9.59 Å². The Hall–Kier alpha value is -2.48. The van der Waals surface area contributed by atoms with Gasteiger partial charge in [0.2, 0.25) is 0 Å². The maximum atomic E-state index is 12.5. The second-order valence-corrected chi connectivity index (χ2v) is 6.48. The lowest BCUT2D eigenvalue weighted by Crippen LogP contribution is -2.07. The van der Waals surface area contributed by atoms with Gasteiger partial charge in [-0.15, -0.1) is 0 Å². The molecule has 2 aromatic carbocycles. The van der Waals surface area contributed by atoms with Crippen LogP contribution in [0.15, 0.2) is 60.2 Å². The van der Waals surface area contributed by atoms with E-state index >= 15 is 0 Å². The van der Waals surface area contributed by atoms with Crippen LogP contribution in [0, 0.1) is 5.92 Å². The lowest BCUT2D eigenvalue weighted by atomic mass is 9.92. The summed E-state index contributed by atoms with van der Waals surface area (Å²) in [5, 5.41) is 0. The number of allylic oxidation sites excluding steroid dienone is 1. The number of ketones is 2. The van der Waals surface area contributed by atoms with E-state index in [0.717, 1.165) is 36.0 Å². The Kier molecular flexibility index (Phi) is 5.05. The standard InChI is InChI=1S/C22H22O2/c1-16(23)18-12-10-17(11-13-18)14-20-8-5-9-21(20)15-22(24)19-6-3-2-4-7-19/h2-4,6-7,10-14,21H,5,8-9,15H2,1H3/b20-14-. The van der Waals surface area contributed by atoms with Crippen molar-refractivity contribution >= 4 is 17.6 Å². The van der Waals surface area contributed by atoms with Gasteiger partial charge in [0.25, 0.3) is 0 Å². The molecule has 0 N–H and O–H groups in total. The molecule has 24 heavy (non-hydrogen) atoms. The van der Waals surface area contributed by atoms with Gasteiger partial charge in [-0.2, -0.15) is 0 Å². The summed E-state index contributed by atoms with van der Waals surface area (Å²) in [4.78, 5) is 23.8. The van der Waals surface area contributed by atoms with E-state index in [2.05, 4.69) is 6.08 Å². The number of rotatable bonds is 5. The third-order valence-electron chi connectivity index (χ3n) is 4.74. The van der Waals surface area contributed by atoms with E-state index in [-0.39, 0.29) is 11.6 Å². The molecule has 2 nitrogen and oxygen atoms in total. The van der Waals surface area contributed by atoms with Gasteiger partial charge in [-0.25, -0.2) is 0 Å². The van der Waals surface area contributed by atoms with Crippen molar-refractivity contribution in [3.05, 3.63) is 76.9 Å². The van der Waals surface area contributed by atoms with E-state index in [0.29, 0.717) is 12.3 Å². The summed E-state index contributed by atoms with van der Waals surface area (Å²) in [6.45, 7) is 1.58. The lowest BCUT2D eigenvalue weighted by Gasteiger charge is -2.12. The molecule has 0 aromatic heterocycles. The molecule has 0 radical (unpaired) electrons. The maximum absolute atomic E-state index is 12.5. The van der Waals surface area contributed by atoms with Crippen molar-refractivity contribution < 1.29 is 9.59 Å². The van der Waals surface area contributed by atoms with E-state index in [1.54, 1.807) is 6.92 Å². The van der Waals surface area contributed by atoms with Crippen LogP contribution in [-0.2, 0) is 0 Å². The van der Waals surface area contributed by atoms with Gasteiger partial charge in [0, 0.05) is 17.5 Å². The monoisotopic (exact) mass is 318 g/mol. The van der Waals surface area contributed by atoms with Crippen molar-refractivity contribution in [3.8, 4) is 0 Å². The fourth-order valence-corrected chi connectivity index (χ4v) is 3.36. The number of hydrogen-bond acceptors (Lipinski definition) is 2. The Bertz CT molecular complexity index is 754. The number of carbonyl (C=O) groups excluding carboxylic acids is 2. The third-order valence-corrected chi connectivity index (χ3v) is 4.74. The average Bonchev–Trinajstić information content (AvgIpc) is 3.03. The molecule has 122 valence electrons. The minimum Gasteiger partial charge on any atom is -0.295 e. The molecule has 1 aliphatic carbocycles. The first-order chi connectivity index (χ1) is 11.6. The Morgan fingerprint density at radius 2 is 1.71 bits per heavy atom. The Balaban J connectivity index is 1.73. The molecule has 1 saturated carbocycles. The minimum absolute atomic E-state index is 0.0846. The Morgan fingerprint density at radius 3 is 2.38 bits per heavy atom. The molecule has 0 amide bonds. The molecular formula is C22H22O2. The van der Waals surface area contributed by atoms with Crippen LogP contribution in [0.5, 0.6) is 0 Å². The molecule has 1 unspecified atom stereocenters. The molecule has 3 rings (SSSR count). The first kappa shape index (κ1) is 16.4. The summed E-state index contributed by atoms with van der Waals surface area (Å²) >= 11 is 0. The van der Waals surface area contributed by atoms with Gasteiger partial charge in [0.15, 0.2) is 11.6 Å². The van der Waals surface area contributed by atoms with E-state index in [9.17, 15) is 9.59 Å². The smallest absolute Gasteiger partial charge is 0.163 e. The average molecular weight is 318 g/mol.